The Hall–Kier alpha value is -3.54. The fraction of sp³-hybridized carbons (Fsp3) is 0.143. The summed E-state index contributed by atoms with van der Waals surface area (Å²) in [7, 11) is 1.64. The molecule has 0 spiro atoms. The number of hydrogen-bond donors (Lipinski definition) is 3. The van der Waals surface area contributed by atoms with Crippen LogP contribution in [0.5, 0.6) is 5.75 Å². The van der Waals surface area contributed by atoms with Gasteiger partial charge in [0.2, 0.25) is 0 Å². The van der Waals surface area contributed by atoms with Crippen molar-refractivity contribution in [3.8, 4) is 5.75 Å². The van der Waals surface area contributed by atoms with Crippen LogP contribution in [-0.2, 0) is 13.1 Å². The predicted molar refractivity (Wildman–Crippen MR) is 105 cm³/mol. The van der Waals surface area contributed by atoms with E-state index in [1.54, 1.807) is 31.4 Å². The zero-order chi connectivity index (χ0) is 19.2. The van der Waals surface area contributed by atoms with Crippen LogP contribution in [0.4, 0.5) is 4.79 Å². The third-order valence-corrected chi connectivity index (χ3v) is 4.25. The quantitative estimate of drug-likeness (QED) is 0.628. The van der Waals surface area contributed by atoms with Crippen LogP contribution in [0, 0.1) is 0 Å². The van der Waals surface area contributed by atoms with Gasteiger partial charge in [0.05, 0.1) is 7.11 Å². The molecular weight excluding hydrogens is 342 g/mol. The van der Waals surface area contributed by atoms with E-state index in [0.29, 0.717) is 18.7 Å². The van der Waals surface area contributed by atoms with Crippen molar-refractivity contribution in [1.29, 1.82) is 0 Å². The molecule has 0 fully saturated rings. The third kappa shape index (κ3) is 4.76. The van der Waals surface area contributed by atoms with Gasteiger partial charge in [0, 0.05) is 18.7 Å². The van der Waals surface area contributed by atoms with Crippen LogP contribution < -0.4 is 21.1 Å². The van der Waals surface area contributed by atoms with Crippen LogP contribution in [-0.4, -0.2) is 19.0 Å². The fourth-order valence-electron chi connectivity index (χ4n) is 2.76. The van der Waals surface area contributed by atoms with Crippen molar-refractivity contribution in [2.45, 2.75) is 13.1 Å². The summed E-state index contributed by atoms with van der Waals surface area (Å²) in [5.74, 6) is 0.664. The van der Waals surface area contributed by atoms with Crippen LogP contribution in [0.3, 0.4) is 0 Å². The number of benzene rings is 3. The van der Waals surface area contributed by atoms with Crippen molar-refractivity contribution < 1.29 is 14.3 Å². The van der Waals surface area contributed by atoms with Gasteiger partial charge in [-0.05, 0) is 52.2 Å². The lowest BCUT2D eigenvalue weighted by Crippen LogP contribution is -2.28. The van der Waals surface area contributed by atoms with Crippen molar-refractivity contribution in [2.75, 3.05) is 7.11 Å². The highest BCUT2D eigenvalue weighted by atomic mass is 16.5. The molecule has 0 aliphatic rings. The highest BCUT2D eigenvalue weighted by Crippen LogP contribution is 2.21. The first-order chi connectivity index (χ1) is 13.0. The Morgan fingerprint density at radius 2 is 1.48 bits per heavy atom. The number of amides is 3. The minimum Gasteiger partial charge on any atom is -0.497 e. The van der Waals surface area contributed by atoms with Gasteiger partial charge in [-0.1, -0.05) is 30.3 Å². The molecule has 0 radical (unpaired) electrons. The van der Waals surface area contributed by atoms with E-state index in [1.807, 2.05) is 36.4 Å². The second-order valence-electron chi connectivity index (χ2n) is 6.14. The van der Waals surface area contributed by atoms with E-state index < -0.39 is 6.03 Å². The zero-order valence-corrected chi connectivity index (χ0v) is 15.0. The van der Waals surface area contributed by atoms with Crippen molar-refractivity contribution in [1.82, 2.24) is 10.6 Å². The van der Waals surface area contributed by atoms with Gasteiger partial charge in [-0.25, -0.2) is 4.79 Å². The zero-order valence-electron chi connectivity index (χ0n) is 15.0. The van der Waals surface area contributed by atoms with Crippen LogP contribution in [0.2, 0.25) is 0 Å². The van der Waals surface area contributed by atoms with Gasteiger partial charge in [0.15, 0.2) is 0 Å². The van der Waals surface area contributed by atoms with Gasteiger partial charge in [0.1, 0.15) is 5.75 Å². The molecule has 0 unspecified atom stereocenters. The molecule has 138 valence electrons. The molecular formula is C21H21N3O3. The number of rotatable bonds is 6. The van der Waals surface area contributed by atoms with Gasteiger partial charge in [-0.3, -0.25) is 4.79 Å². The number of ether oxygens (including phenoxy) is 1. The molecule has 3 aromatic carbocycles. The summed E-state index contributed by atoms with van der Waals surface area (Å²) in [6, 6.07) is 18.4. The number of carbonyl (C=O) groups excluding carboxylic acids is 2. The van der Waals surface area contributed by atoms with E-state index in [4.69, 9.17) is 10.5 Å². The van der Waals surface area contributed by atoms with Crippen molar-refractivity contribution >= 4 is 22.7 Å². The lowest BCUT2D eigenvalue weighted by molar-refractivity contribution is 0.0951. The first-order valence-corrected chi connectivity index (χ1v) is 8.52. The summed E-state index contributed by atoms with van der Waals surface area (Å²) in [6.45, 7) is 0.769. The fourth-order valence-corrected chi connectivity index (χ4v) is 2.76. The van der Waals surface area contributed by atoms with Crippen LogP contribution in [0.15, 0.2) is 60.7 Å². The monoisotopic (exact) mass is 363 g/mol. The Bertz CT molecular complexity index is 968. The van der Waals surface area contributed by atoms with E-state index in [2.05, 4.69) is 10.6 Å². The number of hydrogen-bond acceptors (Lipinski definition) is 3. The molecule has 6 heteroatoms. The number of methoxy groups -OCH3 is 1. The predicted octanol–water partition coefficient (Wildman–Crippen LogP) is 2.95. The van der Waals surface area contributed by atoms with Gasteiger partial charge in [-0.2, -0.15) is 0 Å². The van der Waals surface area contributed by atoms with Gasteiger partial charge in [-0.15, -0.1) is 0 Å². The molecule has 0 saturated heterocycles. The summed E-state index contributed by atoms with van der Waals surface area (Å²) in [5.41, 5.74) is 7.49. The van der Waals surface area contributed by atoms with Crippen molar-refractivity contribution in [2.24, 2.45) is 5.73 Å². The van der Waals surface area contributed by atoms with E-state index in [1.165, 1.54) is 0 Å². The van der Waals surface area contributed by atoms with Gasteiger partial charge < -0.3 is 21.1 Å². The number of fused-ring (bicyclic) bond motifs is 1. The number of nitrogens with one attached hydrogen (secondary N) is 2. The number of carbonyl (C=O) groups is 2. The normalized spacial score (nSPS) is 10.4. The van der Waals surface area contributed by atoms with Crippen LogP contribution in [0.1, 0.15) is 21.5 Å². The molecule has 6 nitrogen and oxygen atoms in total. The topological polar surface area (TPSA) is 93.4 Å². The minimum atomic E-state index is -0.578. The molecule has 0 saturated carbocycles. The van der Waals surface area contributed by atoms with Gasteiger partial charge >= 0.3 is 6.03 Å². The molecule has 27 heavy (non-hydrogen) atoms. The Labute approximate surface area is 157 Å². The van der Waals surface area contributed by atoms with Crippen molar-refractivity contribution in [3.05, 3.63) is 77.4 Å². The summed E-state index contributed by atoms with van der Waals surface area (Å²) >= 11 is 0. The van der Waals surface area contributed by atoms with E-state index in [9.17, 15) is 9.59 Å². The maximum absolute atomic E-state index is 12.3. The molecule has 0 bridgehead atoms. The molecule has 3 amide bonds. The first kappa shape index (κ1) is 18.3. The summed E-state index contributed by atoms with van der Waals surface area (Å²) < 4.78 is 5.23. The Kier molecular flexibility index (Phi) is 5.56. The summed E-state index contributed by atoms with van der Waals surface area (Å²) in [4.78, 5) is 23.0. The average Bonchev–Trinajstić information content (AvgIpc) is 2.70. The van der Waals surface area contributed by atoms with E-state index >= 15 is 0 Å². The Balaban J connectivity index is 1.61. The summed E-state index contributed by atoms with van der Waals surface area (Å²) in [6.07, 6.45) is 0. The molecule has 3 rings (SSSR count). The van der Waals surface area contributed by atoms with Crippen molar-refractivity contribution in [3.63, 3.8) is 0 Å². The minimum absolute atomic E-state index is 0.153. The number of urea groups is 1. The Morgan fingerprint density at radius 3 is 2.19 bits per heavy atom. The maximum Gasteiger partial charge on any atom is 0.312 e. The lowest BCUT2D eigenvalue weighted by Gasteiger charge is -2.08. The number of primary amides is 1. The molecule has 0 heterocycles. The largest absolute Gasteiger partial charge is 0.497 e. The van der Waals surface area contributed by atoms with Crippen LogP contribution >= 0.6 is 0 Å². The van der Waals surface area contributed by atoms with E-state index in [0.717, 1.165) is 27.6 Å². The molecule has 0 atom stereocenters. The maximum atomic E-state index is 12.3. The smallest absolute Gasteiger partial charge is 0.312 e. The standard InChI is InChI=1S/C21H21N3O3/c1-27-19-9-8-17-10-15(4-7-18(17)11-19)13-23-20(25)16-5-2-14(3-6-16)12-24-21(22)26/h2-11H,12-13H2,1H3,(H,23,25)(H3,22,24,26). The second-order valence-corrected chi connectivity index (χ2v) is 6.14. The van der Waals surface area contributed by atoms with Crippen LogP contribution in [0.25, 0.3) is 10.8 Å². The average molecular weight is 363 g/mol. The lowest BCUT2D eigenvalue weighted by atomic mass is 10.1. The highest BCUT2D eigenvalue weighted by Gasteiger charge is 2.06. The van der Waals surface area contributed by atoms with E-state index in [-0.39, 0.29) is 5.91 Å². The molecule has 0 aromatic heterocycles. The molecule has 4 N–H and O–H groups in total. The Morgan fingerprint density at radius 1 is 0.852 bits per heavy atom. The first-order valence-electron chi connectivity index (χ1n) is 8.52. The third-order valence-electron chi connectivity index (χ3n) is 4.25. The molecule has 0 aliphatic carbocycles. The highest BCUT2D eigenvalue weighted by molar-refractivity contribution is 5.94. The van der Waals surface area contributed by atoms with Gasteiger partial charge in [0.25, 0.3) is 5.91 Å². The second kappa shape index (κ2) is 8.23. The SMILES string of the molecule is COc1ccc2cc(CNC(=O)c3ccc(CNC(N)=O)cc3)ccc2c1. The molecule has 3 aromatic rings. The summed E-state index contributed by atoms with van der Waals surface area (Å²) in [5, 5.41) is 7.61. The molecule has 0 aliphatic heterocycles. The number of nitrogens with two attached hydrogens (primary N) is 1.